The summed E-state index contributed by atoms with van der Waals surface area (Å²) in [5, 5.41) is 2.46. The number of carbonyl (C=O) groups is 1. The quantitative estimate of drug-likeness (QED) is 0.871. The first-order valence-corrected chi connectivity index (χ1v) is 7.86. The summed E-state index contributed by atoms with van der Waals surface area (Å²) in [6, 6.07) is 2.22. The average Bonchev–Trinajstić information content (AvgIpc) is 3.10. The van der Waals surface area contributed by atoms with Crippen molar-refractivity contribution in [3.63, 3.8) is 0 Å². The van der Waals surface area contributed by atoms with Crippen LogP contribution in [0.4, 0.5) is 0 Å². The molecular weight excluding hydrogens is 310 g/mol. The molecule has 3 heterocycles. The molecule has 0 N–H and O–H groups in total. The molecule has 2 aromatic rings. The summed E-state index contributed by atoms with van der Waals surface area (Å²) < 4.78 is 5.68. The highest BCUT2D eigenvalue weighted by Crippen LogP contribution is 2.21. The maximum atomic E-state index is 12.3. The summed E-state index contributed by atoms with van der Waals surface area (Å²) in [5.41, 5.74) is 1.12. The van der Waals surface area contributed by atoms with Crippen molar-refractivity contribution in [2.45, 2.75) is 19.4 Å². The molecule has 21 heavy (non-hydrogen) atoms. The lowest BCUT2D eigenvalue weighted by Gasteiger charge is -2.15. The number of carbonyl (C=O) groups excluding carboxylic acids is 1. The van der Waals surface area contributed by atoms with Gasteiger partial charge in [-0.15, -0.1) is 11.3 Å². The van der Waals surface area contributed by atoms with Gasteiger partial charge in [0, 0.05) is 13.0 Å². The third-order valence-electron chi connectivity index (χ3n) is 3.24. The lowest BCUT2D eigenvalue weighted by Crippen LogP contribution is -2.30. The van der Waals surface area contributed by atoms with Gasteiger partial charge in [-0.25, -0.2) is 9.97 Å². The third-order valence-corrected chi connectivity index (χ3v) is 4.47. The van der Waals surface area contributed by atoms with E-state index >= 15 is 0 Å². The smallest absolute Gasteiger partial charge is 0.316 e. The molecule has 0 spiro atoms. The summed E-state index contributed by atoms with van der Waals surface area (Å²) in [5.74, 6) is 0.0659. The van der Waals surface area contributed by atoms with Gasteiger partial charge in [0.2, 0.25) is 0 Å². The molecular formula is C14H14ClN3O2S. The molecule has 1 aliphatic rings. The molecule has 1 saturated heterocycles. The van der Waals surface area contributed by atoms with E-state index in [1.807, 2.05) is 23.3 Å². The second kappa shape index (κ2) is 5.99. The van der Waals surface area contributed by atoms with Crippen molar-refractivity contribution in [2.75, 3.05) is 13.1 Å². The number of rotatable bonds is 3. The van der Waals surface area contributed by atoms with Crippen molar-refractivity contribution in [1.82, 2.24) is 14.9 Å². The van der Waals surface area contributed by atoms with Crippen LogP contribution in [0.3, 0.4) is 0 Å². The van der Waals surface area contributed by atoms with Gasteiger partial charge in [-0.3, -0.25) is 4.79 Å². The Hall–Kier alpha value is -1.66. The minimum Gasteiger partial charge on any atom is -0.458 e. The predicted molar refractivity (Wildman–Crippen MR) is 81.0 cm³/mol. The number of halogens is 1. The minimum absolute atomic E-state index is 0.0659. The van der Waals surface area contributed by atoms with Gasteiger partial charge in [0.1, 0.15) is 6.10 Å². The van der Waals surface area contributed by atoms with Crippen molar-refractivity contribution in [1.29, 1.82) is 0 Å². The molecule has 0 aliphatic carbocycles. The highest BCUT2D eigenvalue weighted by Gasteiger charge is 2.29. The van der Waals surface area contributed by atoms with Crippen molar-refractivity contribution >= 4 is 28.8 Å². The first kappa shape index (κ1) is 14.3. The molecule has 0 aromatic carbocycles. The fourth-order valence-corrected chi connectivity index (χ4v) is 3.18. The largest absolute Gasteiger partial charge is 0.458 e. The predicted octanol–water partition coefficient (Wildman–Crippen LogP) is 2.79. The van der Waals surface area contributed by atoms with Gasteiger partial charge in [0.05, 0.1) is 28.8 Å². The van der Waals surface area contributed by atoms with Gasteiger partial charge >= 0.3 is 6.01 Å². The Labute approximate surface area is 131 Å². The second-order valence-electron chi connectivity index (χ2n) is 4.95. The van der Waals surface area contributed by atoms with Crippen LogP contribution >= 0.6 is 22.9 Å². The molecule has 1 atom stereocenters. The maximum Gasteiger partial charge on any atom is 0.316 e. The van der Waals surface area contributed by atoms with Crippen LogP contribution in [0.5, 0.6) is 6.01 Å². The molecule has 1 amide bonds. The third kappa shape index (κ3) is 3.33. The molecule has 1 aliphatic heterocycles. The van der Waals surface area contributed by atoms with E-state index in [1.54, 1.807) is 0 Å². The summed E-state index contributed by atoms with van der Waals surface area (Å²) in [6.07, 6.45) is 3.70. The van der Waals surface area contributed by atoms with Gasteiger partial charge in [-0.1, -0.05) is 11.6 Å². The van der Waals surface area contributed by atoms with Gasteiger partial charge in [-0.05, 0) is 23.9 Å². The number of aromatic nitrogens is 2. The number of amides is 1. The van der Waals surface area contributed by atoms with Crippen LogP contribution in [0.1, 0.15) is 21.7 Å². The maximum absolute atomic E-state index is 12.3. The van der Waals surface area contributed by atoms with E-state index in [2.05, 4.69) is 9.97 Å². The molecule has 0 bridgehead atoms. The molecule has 0 saturated carbocycles. The van der Waals surface area contributed by atoms with E-state index in [4.69, 9.17) is 16.3 Å². The lowest BCUT2D eigenvalue weighted by atomic mass is 10.3. The Morgan fingerprint density at radius 1 is 1.48 bits per heavy atom. The van der Waals surface area contributed by atoms with Gasteiger partial charge in [0.15, 0.2) is 0 Å². The Bertz CT molecular complexity index is 644. The minimum atomic E-state index is -0.0730. The Morgan fingerprint density at radius 3 is 2.90 bits per heavy atom. The molecule has 0 unspecified atom stereocenters. The Kier molecular flexibility index (Phi) is 4.07. The van der Waals surface area contributed by atoms with Crippen LogP contribution in [0.25, 0.3) is 0 Å². The van der Waals surface area contributed by atoms with Crippen molar-refractivity contribution in [2.24, 2.45) is 0 Å². The zero-order chi connectivity index (χ0) is 14.8. The fraction of sp³-hybridized carbons (Fsp3) is 0.357. The van der Waals surface area contributed by atoms with E-state index < -0.39 is 0 Å². The summed E-state index contributed by atoms with van der Waals surface area (Å²) in [4.78, 5) is 22.9. The first-order valence-electron chi connectivity index (χ1n) is 6.60. The van der Waals surface area contributed by atoms with E-state index in [9.17, 15) is 4.79 Å². The number of thiophene rings is 1. The van der Waals surface area contributed by atoms with Crippen LogP contribution in [-0.2, 0) is 0 Å². The van der Waals surface area contributed by atoms with Gasteiger partial charge in [0.25, 0.3) is 5.91 Å². The van der Waals surface area contributed by atoms with Crippen LogP contribution in [0.2, 0.25) is 5.02 Å². The SMILES string of the molecule is Cc1csc(C(=O)N2CC[C@@H](Oc3ncc(Cl)cn3)C2)c1. The second-order valence-corrected chi connectivity index (χ2v) is 6.30. The topological polar surface area (TPSA) is 55.3 Å². The molecule has 1 fully saturated rings. The normalized spacial score (nSPS) is 18.0. The molecule has 0 radical (unpaired) electrons. The highest BCUT2D eigenvalue weighted by molar-refractivity contribution is 7.12. The van der Waals surface area contributed by atoms with E-state index in [0.717, 1.165) is 16.9 Å². The first-order chi connectivity index (χ1) is 10.1. The van der Waals surface area contributed by atoms with E-state index in [-0.39, 0.29) is 12.0 Å². The lowest BCUT2D eigenvalue weighted by molar-refractivity contribution is 0.0774. The number of hydrogen-bond acceptors (Lipinski definition) is 5. The van der Waals surface area contributed by atoms with Gasteiger partial charge in [-0.2, -0.15) is 0 Å². The number of aryl methyl sites for hydroxylation is 1. The zero-order valence-electron chi connectivity index (χ0n) is 11.5. The monoisotopic (exact) mass is 323 g/mol. The standard InChI is InChI=1S/C14H14ClN3O2S/c1-9-4-12(21-8-9)13(19)18-3-2-11(7-18)20-14-16-5-10(15)6-17-14/h4-6,8,11H,2-3,7H2,1H3/t11-/m1/s1. The molecule has 7 heteroatoms. The summed E-state index contributed by atoms with van der Waals surface area (Å²) in [7, 11) is 0. The summed E-state index contributed by atoms with van der Waals surface area (Å²) >= 11 is 7.21. The van der Waals surface area contributed by atoms with Gasteiger partial charge < -0.3 is 9.64 Å². The van der Waals surface area contributed by atoms with Crippen molar-refractivity contribution in [3.05, 3.63) is 39.3 Å². The van der Waals surface area contributed by atoms with Crippen molar-refractivity contribution < 1.29 is 9.53 Å². The molecule has 2 aromatic heterocycles. The highest BCUT2D eigenvalue weighted by atomic mass is 35.5. The van der Waals surface area contributed by atoms with Crippen molar-refractivity contribution in [3.8, 4) is 6.01 Å². The van der Waals surface area contributed by atoms with E-state index in [0.29, 0.717) is 24.1 Å². The van der Waals surface area contributed by atoms with Crippen LogP contribution in [-0.4, -0.2) is 40.0 Å². The van der Waals surface area contributed by atoms with Crippen LogP contribution < -0.4 is 4.74 Å². The Balaban J connectivity index is 1.60. The number of hydrogen-bond donors (Lipinski definition) is 0. The molecule has 5 nitrogen and oxygen atoms in total. The molecule has 110 valence electrons. The zero-order valence-corrected chi connectivity index (χ0v) is 13.0. The van der Waals surface area contributed by atoms with Crippen LogP contribution in [0.15, 0.2) is 23.8 Å². The Morgan fingerprint density at radius 2 is 2.24 bits per heavy atom. The number of nitrogens with zero attached hydrogens (tertiary/aromatic N) is 3. The fourth-order valence-electron chi connectivity index (χ4n) is 2.22. The number of ether oxygens (including phenoxy) is 1. The number of likely N-dealkylation sites (tertiary alicyclic amines) is 1. The van der Waals surface area contributed by atoms with E-state index in [1.165, 1.54) is 23.7 Å². The van der Waals surface area contributed by atoms with Crippen LogP contribution in [0, 0.1) is 6.92 Å². The average molecular weight is 324 g/mol. The molecule has 3 rings (SSSR count). The summed E-state index contributed by atoms with van der Waals surface area (Å²) in [6.45, 7) is 3.23.